The van der Waals surface area contributed by atoms with Crippen LogP contribution < -0.4 is 4.74 Å². The molecule has 0 spiro atoms. The number of halogens is 1. The normalized spacial score (nSPS) is 13.5. The summed E-state index contributed by atoms with van der Waals surface area (Å²) in [6.07, 6.45) is 0. The third-order valence-electron chi connectivity index (χ3n) is 2.83. The molecule has 1 atom stereocenters. The Kier molecular flexibility index (Phi) is 5.05. The molecule has 2 heteroatoms. The number of benzene rings is 1. The van der Waals surface area contributed by atoms with Gasteiger partial charge in [0.1, 0.15) is 5.75 Å². The molecule has 0 aliphatic rings. The summed E-state index contributed by atoms with van der Waals surface area (Å²) in [4.78, 5) is 0. The minimum Gasteiger partial charge on any atom is -0.493 e. The second-order valence-corrected chi connectivity index (χ2v) is 6.45. The number of rotatable bonds is 4. The van der Waals surface area contributed by atoms with Crippen LogP contribution >= 0.6 is 15.9 Å². The van der Waals surface area contributed by atoms with E-state index in [-0.39, 0.29) is 5.41 Å². The molecule has 0 radical (unpaired) electrons. The molecule has 1 unspecified atom stereocenters. The first kappa shape index (κ1) is 14.6. The molecule has 0 aliphatic heterocycles. The summed E-state index contributed by atoms with van der Waals surface area (Å²) < 4.78 is 5.83. The Bertz CT molecular complexity index is 366. The van der Waals surface area contributed by atoms with Crippen LogP contribution in [0.2, 0.25) is 0 Å². The van der Waals surface area contributed by atoms with Gasteiger partial charge in [-0.2, -0.15) is 0 Å². The molecule has 0 aromatic heterocycles. The van der Waals surface area contributed by atoms with Crippen LogP contribution in [0.4, 0.5) is 0 Å². The lowest BCUT2D eigenvalue weighted by molar-refractivity contribution is 0.272. The summed E-state index contributed by atoms with van der Waals surface area (Å²) in [7, 11) is 0. The first-order chi connectivity index (χ1) is 7.84. The third-order valence-corrected chi connectivity index (χ3v) is 3.93. The first-order valence-electron chi connectivity index (χ1n) is 6.14. The highest BCUT2D eigenvalue weighted by atomic mass is 79.9. The van der Waals surface area contributed by atoms with E-state index < -0.39 is 0 Å². The molecule has 0 saturated heterocycles. The monoisotopic (exact) mass is 298 g/mol. The van der Waals surface area contributed by atoms with Gasteiger partial charge < -0.3 is 4.74 Å². The Morgan fingerprint density at radius 3 is 2.41 bits per heavy atom. The van der Waals surface area contributed by atoms with Crippen LogP contribution in [0.3, 0.4) is 0 Å². The summed E-state index contributed by atoms with van der Waals surface area (Å²) >= 11 is 3.46. The van der Waals surface area contributed by atoms with Crippen molar-refractivity contribution in [3.63, 3.8) is 0 Å². The molecule has 1 nitrogen and oxygen atoms in total. The van der Waals surface area contributed by atoms with Gasteiger partial charge in [0.2, 0.25) is 0 Å². The molecule has 1 aromatic carbocycles. The third kappa shape index (κ3) is 4.34. The maximum atomic E-state index is 5.83. The summed E-state index contributed by atoms with van der Waals surface area (Å²) in [5, 5.41) is 0.978. The molecular formula is C15H23BrO. The van der Waals surface area contributed by atoms with Crippen LogP contribution in [0.1, 0.15) is 38.8 Å². The Morgan fingerprint density at radius 1 is 1.29 bits per heavy atom. The molecule has 17 heavy (non-hydrogen) atoms. The van der Waals surface area contributed by atoms with Crippen LogP contribution in [0, 0.1) is 12.8 Å². The molecule has 0 fully saturated rings. The minimum absolute atomic E-state index is 0.201. The summed E-state index contributed by atoms with van der Waals surface area (Å²) in [5.41, 5.74) is 2.78. The van der Waals surface area contributed by atoms with Gasteiger partial charge in [-0.05, 0) is 35.4 Å². The molecule has 96 valence electrons. The van der Waals surface area contributed by atoms with Crippen LogP contribution in [-0.2, 0) is 5.41 Å². The number of hydrogen-bond donors (Lipinski definition) is 0. The second kappa shape index (κ2) is 5.90. The molecule has 1 aromatic rings. The van der Waals surface area contributed by atoms with Crippen LogP contribution in [0.5, 0.6) is 5.75 Å². The zero-order valence-corrected chi connectivity index (χ0v) is 13.1. The lowest BCUT2D eigenvalue weighted by atomic mass is 9.86. The van der Waals surface area contributed by atoms with E-state index in [4.69, 9.17) is 4.74 Å². The van der Waals surface area contributed by atoms with Gasteiger partial charge in [-0.3, -0.25) is 0 Å². The zero-order valence-electron chi connectivity index (χ0n) is 11.5. The smallest absolute Gasteiger partial charge is 0.122 e. The van der Waals surface area contributed by atoms with E-state index in [9.17, 15) is 0 Å². The fraction of sp³-hybridized carbons (Fsp3) is 0.600. The highest BCUT2D eigenvalue weighted by molar-refractivity contribution is 9.09. The van der Waals surface area contributed by atoms with Crippen molar-refractivity contribution in [3.05, 3.63) is 29.3 Å². The Hall–Kier alpha value is -0.500. The predicted octanol–water partition coefficient (Wildman–Crippen LogP) is 4.70. The minimum atomic E-state index is 0.201. The fourth-order valence-electron chi connectivity index (χ4n) is 1.55. The van der Waals surface area contributed by atoms with Gasteiger partial charge in [0, 0.05) is 5.33 Å². The highest BCUT2D eigenvalue weighted by Crippen LogP contribution is 2.27. The highest BCUT2D eigenvalue weighted by Gasteiger charge is 2.14. The van der Waals surface area contributed by atoms with Crippen molar-refractivity contribution in [1.82, 2.24) is 0 Å². The van der Waals surface area contributed by atoms with Gasteiger partial charge in [-0.15, -0.1) is 0 Å². The van der Waals surface area contributed by atoms with Crippen molar-refractivity contribution in [3.8, 4) is 5.75 Å². The van der Waals surface area contributed by atoms with Gasteiger partial charge in [-0.1, -0.05) is 55.8 Å². The molecule has 0 heterocycles. The van der Waals surface area contributed by atoms with Crippen molar-refractivity contribution >= 4 is 15.9 Å². The van der Waals surface area contributed by atoms with Crippen molar-refractivity contribution < 1.29 is 4.74 Å². The van der Waals surface area contributed by atoms with Crippen molar-refractivity contribution in [1.29, 1.82) is 0 Å². The van der Waals surface area contributed by atoms with Crippen molar-refractivity contribution in [2.24, 2.45) is 5.92 Å². The van der Waals surface area contributed by atoms with Gasteiger partial charge >= 0.3 is 0 Å². The van der Waals surface area contributed by atoms with Gasteiger partial charge in [-0.25, -0.2) is 0 Å². The van der Waals surface area contributed by atoms with E-state index in [0.717, 1.165) is 17.7 Å². The average molecular weight is 299 g/mol. The van der Waals surface area contributed by atoms with Gasteiger partial charge in [0.15, 0.2) is 0 Å². The lowest BCUT2D eigenvalue weighted by Gasteiger charge is -2.21. The topological polar surface area (TPSA) is 9.23 Å². The largest absolute Gasteiger partial charge is 0.493 e. The maximum Gasteiger partial charge on any atom is 0.122 e. The number of ether oxygens (including phenoxy) is 1. The predicted molar refractivity (Wildman–Crippen MR) is 78.3 cm³/mol. The summed E-state index contributed by atoms with van der Waals surface area (Å²) in [6.45, 7) is 11.7. The Balaban J connectivity index is 2.77. The molecule has 0 aliphatic carbocycles. The van der Waals surface area contributed by atoms with E-state index in [0.29, 0.717) is 5.92 Å². The van der Waals surface area contributed by atoms with E-state index in [1.807, 2.05) is 0 Å². The molecule has 0 amide bonds. The standard InChI is InChI=1S/C15H23BrO/c1-11(9-16)10-17-14-7-6-13(8-12(14)2)15(3,4)5/h6-8,11H,9-10H2,1-5H3. The average Bonchev–Trinajstić information content (AvgIpc) is 2.25. The lowest BCUT2D eigenvalue weighted by Crippen LogP contribution is -2.13. The SMILES string of the molecule is Cc1cc(C(C)(C)C)ccc1OCC(C)CBr. The maximum absolute atomic E-state index is 5.83. The number of aryl methyl sites for hydroxylation is 1. The summed E-state index contributed by atoms with van der Waals surface area (Å²) in [5.74, 6) is 1.54. The zero-order chi connectivity index (χ0) is 13.1. The first-order valence-corrected chi connectivity index (χ1v) is 7.26. The quantitative estimate of drug-likeness (QED) is 0.732. The number of hydrogen-bond acceptors (Lipinski definition) is 1. The molecule has 0 N–H and O–H groups in total. The summed E-state index contributed by atoms with van der Waals surface area (Å²) in [6, 6.07) is 6.49. The Labute approximate surface area is 114 Å². The van der Waals surface area contributed by atoms with Gasteiger partial charge in [0.25, 0.3) is 0 Å². The van der Waals surface area contributed by atoms with E-state index in [1.54, 1.807) is 0 Å². The van der Waals surface area contributed by atoms with E-state index in [2.05, 4.69) is 68.7 Å². The van der Waals surface area contributed by atoms with E-state index in [1.165, 1.54) is 11.1 Å². The fourth-order valence-corrected chi connectivity index (χ4v) is 1.74. The van der Waals surface area contributed by atoms with Crippen LogP contribution in [0.15, 0.2) is 18.2 Å². The molecule has 0 saturated carbocycles. The molecule has 0 bridgehead atoms. The van der Waals surface area contributed by atoms with Crippen molar-refractivity contribution in [2.45, 2.75) is 40.0 Å². The van der Waals surface area contributed by atoms with Gasteiger partial charge in [0.05, 0.1) is 6.61 Å². The second-order valence-electron chi connectivity index (χ2n) is 5.80. The number of alkyl halides is 1. The molecular weight excluding hydrogens is 276 g/mol. The van der Waals surface area contributed by atoms with Crippen LogP contribution in [0.25, 0.3) is 0 Å². The molecule has 1 rings (SSSR count). The van der Waals surface area contributed by atoms with E-state index >= 15 is 0 Å². The van der Waals surface area contributed by atoms with Crippen LogP contribution in [-0.4, -0.2) is 11.9 Å². The van der Waals surface area contributed by atoms with Crippen molar-refractivity contribution in [2.75, 3.05) is 11.9 Å². The Morgan fingerprint density at radius 2 is 1.94 bits per heavy atom.